The van der Waals surface area contributed by atoms with Crippen molar-refractivity contribution >= 4 is 34.0 Å². The number of fused-ring (bicyclic) bond motifs is 4. The molecule has 7 rings (SSSR count). The van der Waals surface area contributed by atoms with E-state index in [0.717, 1.165) is 28.8 Å². The van der Waals surface area contributed by atoms with Crippen molar-refractivity contribution in [2.45, 2.75) is 55.6 Å². The SMILES string of the molecule is O=C1Nc2ncc(s2)C(Cc2ccccc2Cl)N2CCC(O)CC23Oc2ccc(cc2O3)C12CC2. The van der Waals surface area contributed by atoms with Crippen molar-refractivity contribution in [2.75, 3.05) is 11.9 Å². The minimum absolute atomic E-state index is 0.0398. The molecule has 1 aromatic heterocycles. The number of hydrogen-bond acceptors (Lipinski definition) is 7. The van der Waals surface area contributed by atoms with Gasteiger partial charge in [-0.25, -0.2) is 9.88 Å². The summed E-state index contributed by atoms with van der Waals surface area (Å²) in [6, 6.07) is 13.4. The average Bonchev–Trinajstić information content (AvgIpc) is 3.40. The van der Waals surface area contributed by atoms with E-state index in [9.17, 15) is 9.90 Å². The highest BCUT2D eigenvalue weighted by Crippen LogP contribution is 2.54. The molecular weight excluding hydrogens is 486 g/mol. The lowest BCUT2D eigenvalue weighted by Crippen LogP contribution is -2.61. The highest BCUT2D eigenvalue weighted by atomic mass is 35.5. The molecule has 2 aromatic carbocycles. The highest BCUT2D eigenvalue weighted by molar-refractivity contribution is 7.15. The summed E-state index contributed by atoms with van der Waals surface area (Å²) in [7, 11) is 0. The summed E-state index contributed by atoms with van der Waals surface area (Å²) in [5.74, 6) is 0.0434. The molecule has 3 aliphatic heterocycles. The second-order valence-corrected chi connectivity index (χ2v) is 11.3. The van der Waals surface area contributed by atoms with Crippen molar-refractivity contribution in [3.8, 4) is 11.5 Å². The van der Waals surface area contributed by atoms with Crippen LogP contribution in [0, 0.1) is 0 Å². The Balaban J connectivity index is 1.39. The van der Waals surface area contributed by atoms with Crippen molar-refractivity contribution in [2.24, 2.45) is 0 Å². The molecule has 1 saturated heterocycles. The van der Waals surface area contributed by atoms with Crippen LogP contribution in [0.5, 0.6) is 11.5 Å². The van der Waals surface area contributed by atoms with E-state index in [-0.39, 0.29) is 11.9 Å². The number of ether oxygens (including phenoxy) is 2. The number of amides is 1. The number of thiazole rings is 1. The second-order valence-electron chi connectivity index (χ2n) is 9.83. The third-order valence-electron chi connectivity index (χ3n) is 7.67. The van der Waals surface area contributed by atoms with Crippen LogP contribution in [0.1, 0.15) is 47.7 Å². The van der Waals surface area contributed by atoms with E-state index in [4.69, 9.17) is 21.1 Å². The van der Waals surface area contributed by atoms with Crippen molar-refractivity contribution in [1.82, 2.24) is 9.88 Å². The average molecular weight is 510 g/mol. The number of aliphatic hydroxyl groups is 1. The number of hydrogen-bond donors (Lipinski definition) is 2. The molecular formula is C26H24ClN3O4S. The van der Waals surface area contributed by atoms with Gasteiger partial charge in [-0.2, -0.15) is 0 Å². The van der Waals surface area contributed by atoms with Crippen LogP contribution in [-0.4, -0.2) is 39.5 Å². The Bertz CT molecular complexity index is 1340. The number of anilines is 1. The Morgan fingerprint density at radius 3 is 2.86 bits per heavy atom. The molecule has 4 aliphatic rings. The number of carbonyl (C=O) groups is 1. The zero-order valence-corrected chi connectivity index (χ0v) is 20.4. The molecule has 1 aliphatic carbocycles. The van der Waals surface area contributed by atoms with E-state index in [1.807, 2.05) is 48.7 Å². The fourth-order valence-electron chi connectivity index (χ4n) is 5.63. The number of aliphatic hydroxyl groups excluding tert-OH is 1. The Kier molecular flexibility index (Phi) is 4.74. The largest absolute Gasteiger partial charge is 0.435 e. The lowest BCUT2D eigenvalue weighted by molar-refractivity contribution is -0.250. The number of aromatic nitrogens is 1. The van der Waals surface area contributed by atoms with Crippen LogP contribution < -0.4 is 14.8 Å². The molecule has 7 nitrogen and oxygen atoms in total. The molecule has 3 unspecified atom stereocenters. The van der Waals surface area contributed by atoms with Gasteiger partial charge in [-0.15, -0.1) is 11.3 Å². The van der Waals surface area contributed by atoms with Crippen molar-refractivity contribution in [3.63, 3.8) is 0 Å². The molecule has 2 N–H and O–H groups in total. The van der Waals surface area contributed by atoms with Crippen molar-refractivity contribution in [1.29, 1.82) is 0 Å². The van der Waals surface area contributed by atoms with Crippen LogP contribution in [-0.2, 0) is 16.6 Å². The molecule has 1 saturated carbocycles. The third-order valence-corrected chi connectivity index (χ3v) is 9.06. The zero-order valence-electron chi connectivity index (χ0n) is 18.9. The number of benzene rings is 2. The minimum Gasteiger partial charge on any atom is -0.435 e. The van der Waals surface area contributed by atoms with Crippen LogP contribution in [0.2, 0.25) is 5.02 Å². The van der Waals surface area contributed by atoms with Gasteiger partial charge in [-0.1, -0.05) is 35.9 Å². The van der Waals surface area contributed by atoms with Gasteiger partial charge in [-0.05, 0) is 55.0 Å². The van der Waals surface area contributed by atoms with Crippen LogP contribution in [0.4, 0.5) is 5.13 Å². The van der Waals surface area contributed by atoms with Gasteiger partial charge in [0.05, 0.1) is 24.0 Å². The Morgan fingerprint density at radius 1 is 1.20 bits per heavy atom. The van der Waals surface area contributed by atoms with Gasteiger partial charge < -0.3 is 19.9 Å². The molecule has 9 heteroatoms. The normalized spacial score (nSPS) is 28.2. The van der Waals surface area contributed by atoms with Gasteiger partial charge >= 0.3 is 5.91 Å². The van der Waals surface area contributed by atoms with Gasteiger partial charge in [0.2, 0.25) is 5.91 Å². The molecule has 2 spiro atoms. The Labute approximate surface area is 211 Å². The first-order valence-corrected chi connectivity index (χ1v) is 13.1. The third kappa shape index (κ3) is 3.38. The van der Waals surface area contributed by atoms with Gasteiger partial charge in [0.1, 0.15) is 0 Å². The van der Waals surface area contributed by atoms with Gasteiger partial charge in [0.15, 0.2) is 16.6 Å². The predicted molar refractivity (Wildman–Crippen MR) is 132 cm³/mol. The van der Waals surface area contributed by atoms with Gasteiger partial charge in [-0.3, -0.25) is 4.79 Å². The molecule has 1 amide bonds. The van der Waals surface area contributed by atoms with Crippen molar-refractivity contribution in [3.05, 3.63) is 69.7 Å². The standard InChI is InChI=1S/C26H24ClN3O4S/c27-18-4-2-1-3-15(18)11-19-22-14-28-24(35-22)29-23(32)25(8-9-25)16-5-6-20-21(12-16)34-26(33-20)13-17(31)7-10-30(19)26/h1-6,12,14,17,19,31H,7-11,13H2,(H,28,29,32). The molecule has 180 valence electrons. The lowest BCUT2D eigenvalue weighted by atomic mass is 9.94. The Morgan fingerprint density at radius 2 is 2.03 bits per heavy atom. The fourth-order valence-corrected chi connectivity index (χ4v) is 6.76. The Hall–Kier alpha value is -2.65. The summed E-state index contributed by atoms with van der Waals surface area (Å²) >= 11 is 8.04. The first-order valence-electron chi connectivity index (χ1n) is 11.9. The lowest BCUT2D eigenvalue weighted by Gasteiger charge is -2.46. The van der Waals surface area contributed by atoms with Crippen LogP contribution in [0.25, 0.3) is 0 Å². The van der Waals surface area contributed by atoms with Crippen LogP contribution in [0.3, 0.4) is 0 Å². The van der Waals surface area contributed by atoms with Crippen molar-refractivity contribution < 1.29 is 19.4 Å². The van der Waals surface area contributed by atoms with E-state index in [0.29, 0.717) is 47.5 Å². The van der Waals surface area contributed by atoms with E-state index < -0.39 is 17.4 Å². The van der Waals surface area contributed by atoms with E-state index in [1.165, 1.54) is 11.3 Å². The van der Waals surface area contributed by atoms with E-state index in [1.54, 1.807) is 0 Å². The maximum absolute atomic E-state index is 13.3. The van der Waals surface area contributed by atoms with Crippen LogP contribution in [0.15, 0.2) is 48.7 Å². The zero-order chi connectivity index (χ0) is 23.8. The summed E-state index contributed by atoms with van der Waals surface area (Å²) < 4.78 is 13.1. The van der Waals surface area contributed by atoms with Gasteiger partial charge in [0, 0.05) is 22.6 Å². The maximum atomic E-state index is 13.3. The smallest absolute Gasteiger partial charge is 0.318 e. The maximum Gasteiger partial charge on any atom is 0.318 e. The molecule has 3 aromatic rings. The number of rotatable bonds is 2. The second kappa shape index (κ2) is 7.67. The van der Waals surface area contributed by atoms with E-state index >= 15 is 0 Å². The number of carbonyl (C=O) groups excluding carboxylic acids is 1. The summed E-state index contributed by atoms with van der Waals surface area (Å²) in [4.78, 5) is 21.1. The summed E-state index contributed by atoms with van der Waals surface area (Å²) in [5.41, 5.74) is 1.34. The first-order chi connectivity index (χ1) is 17.0. The predicted octanol–water partition coefficient (Wildman–Crippen LogP) is 4.65. The highest BCUT2D eigenvalue weighted by Gasteiger charge is 2.56. The summed E-state index contributed by atoms with van der Waals surface area (Å²) in [6.07, 6.45) is 4.34. The molecule has 5 bridgehead atoms. The van der Waals surface area contributed by atoms with E-state index in [2.05, 4.69) is 15.2 Å². The van der Waals surface area contributed by atoms with Gasteiger partial charge in [0.25, 0.3) is 0 Å². The molecule has 4 heterocycles. The minimum atomic E-state index is -1.16. The number of halogens is 1. The number of piperidine rings is 1. The summed E-state index contributed by atoms with van der Waals surface area (Å²) in [5, 5.41) is 15.0. The number of nitrogens with one attached hydrogen (secondary N) is 1. The molecule has 2 fully saturated rings. The molecule has 35 heavy (non-hydrogen) atoms. The quantitative estimate of drug-likeness (QED) is 0.523. The molecule has 0 radical (unpaired) electrons. The topological polar surface area (TPSA) is 83.9 Å². The van der Waals surface area contributed by atoms with Crippen LogP contribution >= 0.6 is 22.9 Å². The number of nitrogens with zero attached hydrogens (tertiary/aromatic N) is 2. The monoisotopic (exact) mass is 509 g/mol. The molecule has 3 atom stereocenters. The first kappa shape index (κ1) is 21.6. The summed E-state index contributed by atoms with van der Waals surface area (Å²) in [6.45, 7) is 0.570. The fraction of sp³-hybridized carbons (Fsp3) is 0.385.